The quantitative estimate of drug-likeness (QED) is 0.502. The lowest BCUT2D eigenvalue weighted by Crippen LogP contribution is -2.57. The second kappa shape index (κ2) is 9.87. The van der Waals surface area contributed by atoms with Crippen molar-refractivity contribution in [3.05, 3.63) is 64.7 Å². The van der Waals surface area contributed by atoms with Crippen molar-refractivity contribution in [2.45, 2.75) is 37.4 Å². The van der Waals surface area contributed by atoms with Crippen LogP contribution in [0.5, 0.6) is 5.75 Å². The summed E-state index contributed by atoms with van der Waals surface area (Å²) in [6.07, 6.45) is 0. The summed E-state index contributed by atoms with van der Waals surface area (Å²) < 4.78 is 11.5. The summed E-state index contributed by atoms with van der Waals surface area (Å²) in [7, 11) is 11.9. The van der Waals surface area contributed by atoms with E-state index in [0.717, 1.165) is 38.4 Å². The van der Waals surface area contributed by atoms with Crippen LogP contribution >= 0.6 is 0 Å². The van der Waals surface area contributed by atoms with Gasteiger partial charge in [0.05, 0.1) is 35.5 Å². The molecule has 2 saturated heterocycles. The van der Waals surface area contributed by atoms with Crippen LogP contribution in [0.4, 0.5) is 0 Å². The van der Waals surface area contributed by atoms with Crippen molar-refractivity contribution in [2.24, 2.45) is 0 Å². The molecule has 5 rings (SSSR count). The van der Waals surface area contributed by atoms with E-state index in [1.165, 1.54) is 10.5 Å². The first kappa shape index (κ1) is 23.6. The van der Waals surface area contributed by atoms with Gasteiger partial charge in [0.2, 0.25) is 11.8 Å². The summed E-state index contributed by atoms with van der Waals surface area (Å²) in [5, 5.41) is 2.21. The molecule has 0 bridgehead atoms. The zero-order valence-corrected chi connectivity index (χ0v) is 19.3. The zero-order valence-electron chi connectivity index (χ0n) is 19.3. The van der Waals surface area contributed by atoms with Crippen LogP contribution in [-0.2, 0) is 34.0 Å². The van der Waals surface area contributed by atoms with Gasteiger partial charge >= 0.3 is 0 Å². The van der Waals surface area contributed by atoms with E-state index in [0.29, 0.717) is 23.5 Å². The van der Waals surface area contributed by atoms with Gasteiger partial charge in [0.25, 0.3) is 5.91 Å². The van der Waals surface area contributed by atoms with Crippen LogP contribution in [0.2, 0.25) is 11.6 Å². The van der Waals surface area contributed by atoms with E-state index in [1.807, 2.05) is 12.1 Å². The van der Waals surface area contributed by atoms with Gasteiger partial charge in [0, 0.05) is 30.8 Å². The van der Waals surface area contributed by atoms with Gasteiger partial charge in [-0.25, -0.2) is 0 Å². The average Bonchev–Trinajstić information content (AvgIpc) is 3.19. The Balaban J connectivity index is 1.26. The van der Waals surface area contributed by atoms with Gasteiger partial charge in [0.1, 0.15) is 18.4 Å². The van der Waals surface area contributed by atoms with E-state index in [1.54, 1.807) is 18.2 Å². The third-order valence-electron chi connectivity index (χ3n) is 6.81. The Kier molecular flexibility index (Phi) is 6.67. The number of benzene rings is 2. The van der Waals surface area contributed by atoms with E-state index in [-0.39, 0.29) is 12.5 Å². The first-order chi connectivity index (χ1) is 16.9. The fourth-order valence-electron chi connectivity index (χ4n) is 4.78. The molecule has 3 aliphatic heterocycles. The molecule has 2 aromatic rings. The number of morpholine rings is 1. The highest BCUT2D eigenvalue weighted by atomic mass is 16.5. The molecule has 2 aromatic carbocycles. The number of hydrogen-bond donors (Lipinski definition) is 1. The van der Waals surface area contributed by atoms with Crippen molar-refractivity contribution < 1.29 is 23.9 Å². The van der Waals surface area contributed by atoms with Gasteiger partial charge < -0.3 is 14.4 Å². The van der Waals surface area contributed by atoms with E-state index >= 15 is 0 Å². The van der Waals surface area contributed by atoms with E-state index in [9.17, 15) is 14.4 Å². The van der Waals surface area contributed by atoms with Gasteiger partial charge in [-0.15, -0.1) is 0 Å². The van der Waals surface area contributed by atoms with Crippen LogP contribution in [0.15, 0.2) is 42.5 Å². The maximum absolute atomic E-state index is 13.1. The molecule has 3 atom stereocenters. The number of piperidine rings is 1. The molecule has 176 valence electrons. The predicted octanol–water partition coefficient (Wildman–Crippen LogP) is 0.993. The summed E-state index contributed by atoms with van der Waals surface area (Å²) in [5.41, 5.74) is 3.38. The molecule has 3 unspecified atom stereocenters. The highest BCUT2D eigenvalue weighted by molar-refractivity contribution is 6.34. The number of carbonyl (C=O) groups is 3. The Morgan fingerprint density at radius 1 is 0.971 bits per heavy atom. The lowest BCUT2D eigenvalue weighted by molar-refractivity contribution is -0.136. The Bertz CT molecular complexity index is 1140. The minimum atomic E-state index is -1.07. The summed E-state index contributed by atoms with van der Waals surface area (Å²) in [6.45, 7) is 4.80. The maximum Gasteiger partial charge on any atom is 0.255 e. The van der Waals surface area contributed by atoms with Crippen LogP contribution in [0.1, 0.15) is 27.0 Å². The van der Waals surface area contributed by atoms with Crippen LogP contribution in [-0.4, -0.2) is 75.6 Å². The molecule has 2 fully saturated rings. The normalized spacial score (nSPS) is 24.9. The molecule has 3 amide bonds. The Morgan fingerprint density at radius 2 is 1.69 bits per heavy atom. The number of nitrogens with zero attached hydrogens (tertiary/aromatic N) is 2. The summed E-state index contributed by atoms with van der Waals surface area (Å²) in [4.78, 5) is 41.1. The van der Waals surface area contributed by atoms with Gasteiger partial charge in [-0.05, 0) is 34.9 Å². The fraction of sp³-hybridized carbons (Fsp3) is 0.400. The van der Waals surface area contributed by atoms with E-state index in [4.69, 9.17) is 25.2 Å². The largest absolute Gasteiger partial charge is 0.489 e. The molecular weight excluding hydrogens is 444 g/mol. The number of hydrogen-bond acceptors (Lipinski definition) is 6. The van der Waals surface area contributed by atoms with E-state index < -0.39 is 29.5 Å². The van der Waals surface area contributed by atoms with Crippen molar-refractivity contribution >= 4 is 33.4 Å². The predicted molar refractivity (Wildman–Crippen MR) is 129 cm³/mol. The molecule has 8 nitrogen and oxygen atoms in total. The second-order valence-electron chi connectivity index (χ2n) is 9.11. The SMILES string of the molecule is [B]C1C(=O)NC(=O)C(N2Cc3c(OCc4ccc(CN5CCOCC5)cc4)cccc3C2=O)C1[B]. The minimum Gasteiger partial charge on any atom is -0.489 e. The maximum atomic E-state index is 13.1. The number of imide groups is 1. The third-order valence-corrected chi connectivity index (χ3v) is 6.81. The number of nitrogens with one attached hydrogen (secondary N) is 1. The summed E-state index contributed by atoms with van der Waals surface area (Å²) >= 11 is 0. The molecule has 35 heavy (non-hydrogen) atoms. The van der Waals surface area contributed by atoms with Crippen LogP contribution in [0.25, 0.3) is 0 Å². The fourth-order valence-corrected chi connectivity index (χ4v) is 4.78. The zero-order chi connectivity index (χ0) is 24.5. The molecule has 0 aliphatic carbocycles. The highest BCUT2D eigenvalue weighted by Crippen LogP contribution is 2.38. The molecule has 0 spiro atoms. The van der Waals surface area contributed by atoms with Gasteiger partial charge in [-0.3, -0.25) is 24.6 Å². The standard InChI is InChI=1S/C25H25B2N3O5/c26-20-21(27)23(31)28-24(32)22(20)30-13-18-17(25(30)33)2-1-3-19(18)35-14-16-6-4-15(5-7-16)12-29-8-10-34-11-9-29/h1-7,20-22H,8-14H2,(H,28,31,32). The Hall–Kier alpha value is -3.10. The van der Waals surface area contributed by atoms with Crippen molar-refractivity contribution in [1.82, 2.24) is 15.1 Å². The summed E-state index contributed by atoms with van der Waals surface area (Å²) in [5.74, 6) is -3.09. The van der Waals surface area contributed by atoms with Gasteiger partial charge in [-0.2, -0.15) is 0 Å². The number of ether oxygens (including phenoxy) is 2. The summed E-state index contributed by atoms with van der Waals surface area (Å²) in [6, 6.07) is 12.5. The lowest BCUT2D eigenvalue weighted by Gasteiger charge is -2.38. The first-order valence-electron chi connectivity index (χ1n) is 11.7. The topological polar surface area (TPSA) is 88.2 Å². The lowest BCUT2D eigenvalue weighted by atomic mass is 9.60. The van der Waals surface area contributed by atoms with Crippen molar-refractivity contribution in [3.8, 4) is 5.75 Å². The first-order valence-corrected chi connectivity index (χ1v) is 11.7. The molecule has 3 aliphatic rings. The van der Waals surface area contributed by atoms with Crippen molar-refractivity contribution in [3.63, 3.8) is 0 Å². The number of fused-ring (bicyclic) bond motifs is 1. The monoisotopic (exact) mass is 469 g/mol. The Labute approximate surface area is 206 Å². The third kappa shape index (κ3) is 4.73. The average molecular weight is 469 g/mol. The van der Waals surface area contributed by atoms with Crippen LogP contribution in [0.3, 0.4) is 0 Å². The minimum absolute atomic E-state index is 0.148. The molecule has 10 heteroatoms. The second-order valence-corrected chi connectivity index (χ2v) is 9.11. The highest BCUT2D eigenvalue weighted by Gasteiger charge is 2.45. The Morgan fingerprint density at radius 3 is 2.43 bits per heavy atom. The van der Waals surface area contributed by atoms with Crippen molar-refractivity contribution in [2.75, 3.05) is 26.3 Å². The molecule has 0 aromatic heterocycles. The van der Waals surface area contributed by atoms with Crippen LogP contribution < -0.4 is 10.1 Å². The number of amides is 3. The van der Waals surface area contributed by atoms with Crippen LogP contribution in [0, 0.1) is 0 Å². The molecule has 0 saturated carbocycles. The molecule has 1 N–H and O–H groups in total. The molecule has 3 heterocycles. The molecular formula is C25H25B2N3O5. The van der Waals surface area contributed by atoms with Gasteiger partial charge in [0.15, 0.2) is 0 Å². The van der Waals surface area contributed by atoms with Crippen molar-refractivity contribution in [1.29, 1.82) is 0 Å². The van der Waals surface area contributed by atoms with Gasteiger partial charge in [-0.1, -0.05) is 30.3 Å². The van der Waals surface area contributed by atoms with E-state index in [2.05, 4.69) is 22.3 Å². The smallest absolute Gasteiger partial charge is 0.255 e. The number of rotatable bonds is 6. The molecule has 4 radical (unpaired) electrons. The number of carbonyl (C=O) groups excluding carboxylic acids is 3.